The third kappa shape index (κ3) is 2.41. The van der Waals surface area contributed by atoms with Crippen LogP contribution in [0.2, 0.25) is 0 Å². The van der Waals surface area contributed by atoms with Crippen molar-refractivity contribution in [1.82, 2.24) is 4.90 Å². The summed E-state index contributed by atoms with van der Waals surface area (Å²) in [6, 6.07) is 1.21. The fourth-order valence-electron chi connectivity index (χ4n) is 3.35. The Balaban J connectivity index is 1.98. The standard InChI is InChI=1S/C13H26N2O/c1-3-11-4-6-15(12(8-11)9-14)13-5-7-16-10(13)2/h10-13H,3-9,14H2,1-2H3. The molecule has 0 spiro atoms. The van der Waals surface area contributed by atoms with Crippen LogP contribution >= 0.6 is 0 Å². The van der Waals surface area contributed by atoms with E-state index in [4.69, 9.17) is 10.5 Å². The van der Waals surface area contributed by atoms with Crippen LogP contribution in [0.1, 0.15) is 39.5 Å². The van der Waals surface area contributed by atoms with Crippen molar-refractivity contribution in [2.45, 2.75) is 57.7 Å². The van der Waals surface area contributed by atoms with Crippen LogP contribution in [0.3, 0.4) is 0 Å². The molecule has 2 heterocycles. The molecule has 0 bridgehead atoms. The minimum atomic E-state index is 0.396. The van der Waals surface area contributed by atoms with Crippen molar-refractivity contribution in [1.29, 1.82) is 0 Å². The summed E-state index contributed by atoms with van der Waals surface area (Å²) in [6.07, 6.45) is 5.52. The van der Waals surface area contributed by atoms with E-state index >= 15 is 0 Å². The first kappa shape index (κ1) is 12.3. The summed E-state index contributed by atoms with van der Waals surface area (Å²) in [5.41, 5.74) is 5.94. The van der Waals surface area contributed by atoms with E-state index < -0.39 is 0 Å². The molecule has 2 aliphatic rings. The number of hydrogen-bond donors (Lipinski definition) is 1. The molecule has 2 rings (SSSR count). The van der Waals surface area contributed by atoms with Gasteiger partial charge in [0.2, 0.25) is 0 Å². The van der Waals surface area contributed by atoms with E-state index in [2.05, 4.69) is 18.7 Å². The monoisotopic (exact) mass is 226 g/mol. The summed E-state index contributed by atoms with van der Waals surface area (Å²) in [6.45, 7) is 7.46. The Hall–Kier alpha value is -0.120. The van der Waals surface area contributed by atoms with Crippen LogP contribution in [0.15, 0.2) is 0 Å². The molecule has 3 heteroatoms. The fraction of sp³-hybridized carbons (Fsp3) is 1.00. The van der Waals surface area contributed by atoms with E-state index in [1.165, 1.54) is 32.2 Å². The molecule has 2 saturated heterocycles. The van der Waals surface area contributed by atoms with Crippen LogP contribution in [-0.2, 0) is 4.74 Å². The predicted molar refractivity (Wildman–Crippen MR) is 66.4 cm³/mol. The van der Waals surface area contributed by atoms with Gasteiger partial charge in [-0.05, 0) is 38.6 Å². The molecular formula is C13H26N2O. The molecule has 0 saturated carbocycles. The smallest absolute Gasteiger partial charge is 0.0703 e. The van der Waals surface area contributed by atoms with Gasteiger partial charge in [0.05, 0.1) is 6.10 Å². The third-order valence-electron chi connectivity index (χ3n) is 4.48. The van der Waals surface area contributed by atoms with Gasteiger partial charge in [-0.15, -0.1) is 0 Å². The minimum absolute atomic E-state index is 0.396. The molecule has 0 aromatic heterocycles. The van der Waals surface area contributed by atoms with Gasteiger partial charge < -0.3 is 10.5 Å². The van der Waals surface area contributed by atoms with Crippen molar-refractivity contribution in [3.63, 3.8) is 0 Å². The van der Waals surface area contributed by atoms with Crippen LogP contribution in [0.4, 0.5) is 0 Å². The first-order valence-corrected chi connectivity index (χ1v) is 6.83. The number of likely N-dealkylation sites (tertiary alicyclic amines) is 1. The van der Waals surface area contributed by atoms with Gasteiger partial charge in [0.15, 0.2) is 0 Å². The van der Waals surface area contributed by atoms with Gasteiger partial charge >= 0.3 is 0 Å². The van der Waals surface area contributed by atoms with E-state index in [0.29, 0.717) is 18.2 Å². The second-order valence-electron chi connectivity index (χ2n) is 5.36. The van der Waals surface area contributed by atoms with Crippen molar-refractivity contribution in [2.75, 3.05) is 19.7 Å². The van der Waals surface area contributed by atoms with Crippen LogP contribution in [0, 0.1) is 5.92 Å². The number of nitrogens with zero attached hydrogens (tertiary/aromatic N) is 1. The quantitative estimate of drug-likeness (QED) is 0.794. The van der Waals surface area contributed by atoms with E-state index in [-0.39, 0.29) is 0 Å². The van der Waals surface area contributed by atoms with Gasteiger partial charge in [-0.2, -0.15) is 0 Å². The second kappa shape index (κ2) is 5.48. The average Bonchev–Trinajstić information content (AvgIpc) is 2.74. The molecule has 4 unspecified atom stereocenters. The largest absolute Gasteiger partial charge is 0.377 e. The van der Waals surface area contributed by atoms with Crippen LogP contribution in [0.25, 0.3) is 0 Å². The molecule has 2 fully saturated rings. The number of nitrogens with two attached hydrogens (primary N) is 1. The lowest BCUT2D eigenvalue weighted by Gasteiger charge is -2.43. The topological polar surface area (TPSA) is 38.5 Å². The summed E-state index contributed by atoms with van der Waals surface area (Å²) < 4.78 is 5.68. The molecule has 0 amide bonds. The van der Waals surface area contributed by atoms with Crippen LogP contribution < -0.4 is 5.73 Å². The molecule has 2 N–H and O–H groups in total. The molecule has 0 aromatic carbocycles. The van der Waals surface area contributed by atoms with Crippen molar-refractivity contribution in [3.05, 3.63) is 0 Å². The van der Waals surface area contributed by atoms with Crippen molar-refractivity contribution in [3.8, 4) is 0 Å². The van der Waals surface area contributed by atoms with Gasteiger partial charge in [0.25, 0.3) is 0 Å². The fourth-order valence-corrected chi connectivity index (χ4v) is 3.35. The van der Waals surface area contributed by atoms with Gasteiger partial charge in [-0.25, -0.2) is 0 Å². The van der Waals surface area contributed by atoms with Gasteiger partial charge in [0.1, 0.15) is 0 Å². The second-order valence-corrected chi connectivity index (χ2v) is 5.36. The molecule has 2 aliphatic heterocycles. The highest BCUT2D eigenvalue weighted by Crippen LogP contribution is 2.30. The first-order valence-electron chi connectivity index (χ1n) is 6.83. The molecule has 4 atom stereocenters. The highest BCUT2D eigenvalue weighted by atomic mass is 16.5. The summed E-state index contributed by atoms with van der Waals surface area (Å²) in [5, 5.41) is 0. The normalized spacial score (nSPS) is 41.4. The SMILES string of the molecule is CCC1CCN(C2CCOC2C)C(CN)C1. The van der Waals surface area contributed by atoms with Crippen molar-refractivity contribution >= 4 is 0 Å². The lowest BCUT2D eigenvalue weighted by atomic mass is 9.87. The summed E-state index contributed by atoms with van der Waals surface area (Å²) in [5.74, 6) is 0.891. The zero-order chi connectivity index (χ0) is 11.5. The first-order chi connectivity index (χ1) is 7.76. The Kier molecular flexibility index (Phi) is 4.22. The molecule has 94 valence electrons. The van der Waals surface area contributed by atoms with Gasteiger partial charge in [0, 0.05) is 25.2 Å². The lowest BCUT2D eigenvalue weighted by Crippen LogP contribution is -2.53. The molecule has 0 aromatic rings. The van der Waals surface area contributed by atoms with Crippen molar-refractivity contribution in [2.24, 2.45) is 11.7 Å². The third-order valence-corrected chi connectivity index (χ3v) is 4.48. The predicted octanol–water partition coefficient (Wildman–Crippen LogP) is 1.61. The average molecular weight is 226 g/mol. The zero-order valence-corrected chi connectivity index (χ0v) is 10.7. The highest BCUT2D eigenvalue weighted by molar-refractivity contribution is 4.90. The number of piperidine rings is 1. The van der Waals surface area contributed by atoms with Gasteiger partial charge in [-0.3, -0.25) is 4.90 Å². The van der Waals surface area contributed by atoms with E-state index in [0.717, 1.165) is 19.1 Å². The lowest BCUT2D eigenvalue weighted by molar-refractivity contribution is 0.0260. The zero-order valence-electron chi connectivity index (χ0n) is 10.7. The van der Waals surface area contributed by atoms with E-state index in [1.807, 2.05) is 0 Å². The van der Waals surface area contributed by atoms with Crippen molar-refractivity contribution < 1.29 is 4.74 Å². The highest BCUT2D eigenvalue weighted by Gasteiger charge is 2.36. The number of ether oxygens (including phenoxy) is 1. The molecule has 0 aliphatic carbocycles. The molecular weight excluding hydrogens is 200 g/mol. The summed E-state index contributed by atoms with van der Waals surface area (Å²) in [4.78, 5) is 2.63. The summed E-state index contributed by atoms with van der Waals surface area (Å²) >= 11 is 0. The minimum Gasteiger partial charge on any atom is -0.377 e. The maximum Gasteiger partial charge on any atom is 0.0703 e. The Morgan fingerprint density at radius 3 is 2.75 bits per heavy atom. The maximum absolute atomic E-state index is 5.94. The Bertz CT molecular complexity index is 222. The van der Waals surface area contributed by atoms with E-state index in [1.54, 1.807) is 0 Å². The van der Waals surface area contributed by atoms with Gasteiger partial charge in [-0.1, -0.05) is 13.3 Å². The summed E-state index contributed by atoms with van der Waals surface area (Å²) in [7, 11) is 0. The van der Waals surface area contributed by atoms with Crippen LogP contribution in [0.5, 0.6) is 0 Å². The number of hydrogen-bond acceptors (Lipinski definition) is 3. The van der Waals surface area contributed by atoms with E-state index in [9.17, 15) is 0 Å². The molecule has 3 nitrogen and oxygen atoms in total. The number of rotatable bonds is 3. The Labute approximate surface area is 99.3 Å². The maximum atomic E-state index is 5.94. The Morgan fingerprint density at radius 1 is 1.38 bits per heavy atom. The molecule has 16 heavy (non-hydrogen) atoms. The van der Waals surface area contributed by atoms with Crippen LogP contribution in [-0.4, -0.2) is 42.8 Å². The Morgan fingerprint density at radius 2 is 2.19 bits per heavy atom. The molecule has 0 radical (unpaired) electrons.